The van der Waals surface area contributed by atoms with E-state index < -0.39 is 13.2 Å². The number of rotatable bonds is 8. The van der Waals surface area contributed by atoms with Crippen molar-refractivity contribution < 1.29 is 9.36 Å². The van der Waals surface area contributed by atoms with Crippen LogP contribution in [-0.4, -0.2) is 12.5 Å². The minimum absolute atomic E-state index is 0.116. The van der Waals surface area contributed by atoms with Crippen LogP contribution in [0.4, 0.5) is 5.69 Å². The molecule has 5 aromatic carbocycles. The van der Waals surface area contributed by atoms with Gasteiger partial charge in [0.2, 0.25) is 5.91 Å². The second kappa shape index (κ2) is 12.1. The van der Waals surface area contributed by atoms with Crippen LogP contribution in [0.1, 0.15) is 19.4 Å². The van der Waals surface area contributed by atoms with E-state index in [0.717, 1.165) is 32.1 Å². The first kappa shape index (κ1) is 29.0. The van der Waals surface area contributed by atoms with Gasteiger partial charge >= 0.3 is 0 Å². The molecule has 0 saturated heterocycles. The van der Waals surface area contributed by atoms with Crippen molar-refractivity contribution in [2.24, 2.45) is 0 Å². The summed E-state index contributed by atoms with van der Waals surface area (Å²) in [5, 5.41) is 5.00. The van der Waals surface area contributed by atoms with Gasteiger partial charge in [-0.1, -0.05) is 133 Å². The van der Waals surface area contributed by atoms with Gasteiger partial charge in [0, 0.05) is 40.7 Å². The first-order valence-corrected chi connectivity index (χ1v) is 18.2. The first-order valence-electron chi connectivity index (χ1n) is 13.7. The molecule has 5 aromatic rings. The van der Waals surface area contributed by atoms with Gasteiger partial charge in [-0.25, -0.2) is 0 Å². The van der Waals surface area contributed by atoms with E-state index in [1.54, 1.807) is 11.8 Å². The number of aryl methyl sites for hydroxylation is 1. The Morgan fingerprint density at radius 1 is 0.659 bits per heavy atom. The van der Waals surface area contributed by atoms with Crippen molar-refractivity contribution in [1.29, 1.82) is 0 Å². The van der Waals surface area contributed by atoms with E-state index in [-0.39, 0.29) is 5.91 Å². The van der Waals surface area contributed by atoms with Gasteiger partial charge in [-0.2, -0.15) is 0 Å². The molecule has 0 atom stereocenters. The van der Waals surface area contributed by atoms with Crippen molar-refractivity contribution in [2.45, 2.75) is 20.8 Å². The number of anilines is 1. The average molecular weight is 594 g/mol. The Morgan fingerprint density at radius 3 is 1.39 bits per heavy atom. The lowest BCUT2D eigenvalue weighted by atomic mass is 10.2. The molecule has 6 heteroatoms. The summed E-state index contributed by atoms with van der Waals surface area (Å²) in [5.41, 5.74) is 1.62. The summed E-state index contributed by atoms with van der Waals surface area (Å²) < 4.78 is 15.8. The van der Waals surface area contributed by atoms with Gasteiger partial charge in [-0.15, -0.1) is 0 Å². The lowest BCUT2D eigenvalue weighted by Gasteiger charge is -2.34. The molecule has 0 fully saturated rings. The Morgan fingerprint density at radius 2 is 1.02 bits per heavy atom. The summed E-state index contributed by atoms with van der Waals surface area (Å²) in [5.74, 6) is -0.116. The number of carbonyl (C=O) groups excluding carboxylic acids is 1. The molecule has 0 aliphatic heterocycles. The standard InChI is InChI=1S/C35H33NO2P2S/c1-4-36(28(3)37)35-33(39(38,29-17-9-5-10-18-29)30-19-11-6-12-20-30)25-27(2)26-34(35)40(41,31-21-13-7-14-22-31)32-23-15-8-16-24-32/h5-26H,4H2,1-3H3. The smallest absolute Gasteiger partial charge is 0.223 e. The Kier molecular flexibility index (Phi) is 8.57. The molecule has 0 aliphatic rings. The Bertz CT molecular complexity index is 1550. The van der Waals surface area contributed by atoms with E-state index >= 15 is 4.57 Å². The predicted octanol–water partition coefficient (Wildman–Crippen LogP) is 5.76. The fourth-order valence-electron chi connectivity index (χ4n) is 5.44. The summed E-state index contributed by atoms with van der Waals surface area (Å²) in [6.07, 6.45) is 0. The zero-order valence-electron chi connectivity index (χ0n) is 23.5. The van der Waals surface area contributed by atoms with Crippen LogP contribution in [0.25, 0.3) is 0 Å². The molecule has 0 aliphatic carbocycles. The fourth-order valence-corrected chi connectivity index (χ4v) is 12.6. The molecule has 41 heavy (non-hydrogen) atoms. The van der Waals surface area contributed by atoms with Crippen LogP contribution in [0, 0.1) is 6.92 Å². The van der Waals surface area contributed by atoms with Crippen molar-refractivity contribution in [1.82, 2.24) is 0 Å². The monoisotopic (exact) mass is 593 g/mol. The zero-order chi connectivity index (χ0) is 29.0. The molecule has 206 valence electrons. The van der Waals surface area contributed by atoms with Crippen LogP contribution < -0.4 is 36.7 Å². The van der Waals surface area contributed by atoms with E-state index in [4.69, 9.17) is 11.8 Å². The number of benzene rings is 5. The molecular weight excluding hydrogens is 560 g/mol. The van der Waals surface area contributed by atoms with Crippen LogP contribution >= 0.6 is 13.2 Å². The van der Waals surface area contributed by atoms with Gasteiger partial charge in [0.05, 0.1) is 5.69 Å². The molecular formula is C35H33NO2P2S. The molecule has 0 bridgehead atoms. The number of hydrogen-bond acceptors (Lipinski definition) is 3. The number of carbonyl (C=O) groups is 1. The van der Waals surface area contributed by atoms with E-state index in [2.05, 4.69) is 30.3 Å². The van der Waals surface area contributed by atoms with Crippen LogP contribution in [0.5, 0.6) is 0 Å². The molecule has 0 radical (unpaired) electrons. The molecule has 1 amide bonds. The van der Waals surface area contributed by atoms with Crippen LogP contribution in [0.3, 0.4) is 0 Å². The topological polar surface area (TPSA) is 37.4 Å². The Hall–Kier alpha value is -3.55. The first-order chi connectivity index (χ1) is 19.8. The summed E-state index contributed by atoms with van der Waals surface area (Å²) in [6.45, 7) is 5.97. The zero-order valence-corrected chi connectivity index (χ0v) is 26.1. The van der Waals surface area contributed by atoms with Crippen molar-refractivity contribution in [3.8, 4) is 0 Å². The highest BCUT2D eigenvalue weighted by molar-refractivity contribution is 8.25. The molecule has 0 heterocycles. The van der Waals surface area contributed by atoms with Gasteiger partial charge in [0.1, 0.15) is 0 Å². The second-order valence-corrected chi connectivity index (χ2v) is 17.1. The number of nitrogens with zero attached hydrogens (tertiary/aromatic N) is 1. The van der Waals surface area contributed by atoms with Crippen molar-refractivity contribution in [2.75, 3.05) is 11.4 Å². The number of hydrogen-bond donors (Lipinski definition) is 0. The van der Waals surface area contributed by atoms with Crippen LogP contribution in [0.15, 0.2) is 133 Å². The molecule has 3 nitrogen and oxygen atoms in total. The van der Waals surface area contributed by atoms with E-state index in [0.29, 0.717) is 17.5 Å². The van der Waals surface area contributed by atoms with Gasteiger partial charge in [0.15, 0.2) is 7.14 Å². The maximum absolute atomic E-state index is 15.8. The van der Waals surface area contributed by atoms with E-state index in [9.17, 15) is 4.79 Å². The van der Waals surface area contributed by atoms with Crippen LogP contribution in [-0.2, 0) is 21.2 Å². The van der Waals surface area contributed by atoms with Crippen molar-refractivity contribution in [3.63, 3.8) is 0 Å². The van der Waals surface area contributed by atoms with Crippen molar-refractivity contribution >= 4 is 68.4 Å². The lowest BCUT2D eigenvalue weighted by Crippen LogP contribution is -2.41. The van der Waals surface area contributed by atoms with E-state index in [1.807, 2.05) is 117 Å². The maximum atomic E-state index is 15.8. The highest BCUT2D eigenvalue weighted by atomic mass is 32.4. The minimum atomic E-state index is -3.45. The van der Waals surface area contributed by atoms with Gasteiger partial charge < -0.3 is 9.46 Å². The van der Waals surface area contributed by atoms with Gasteiger partial charge in [-0.05, 0) is 42.2 Å². The summed E-state index contributed by atoms with van der Waals surface area (Å²) >= 11 is 6.80. The maximum Gasteiger partial charge on any atom is 0.223 e. The van der Waals surface area contributed by atoms with Crippen molar-refractivity contribution in [3.05, 3.63) is 139 Å². The predicted molar refractivity (Wildman–Crippen MR) is 180 cm³/mol. The average Bonchev–Trinajstić information content (AvgIpc) is 3.02. The highest BCUT2D eigenvalue weighted by Gasteiger charge is 2.39. The SMILES string of the molecule is CCN(C(C)=O)c1c(P(=O)(c2ccccc2)c2ccccc2)cc(C)cc1P(=S)(c1ccccc1)c1ccccc1. The molecule has 0 unspecified atom stereocenters. The van der Waals surface area contributed by atoms with Crippen LogP contribution in [0.2, 0.25) is 0 Å². The minimum Gasteiger partial charge on any atom is -0.311 e. The molecule has 5 rings (SSSR count). The Balaban J connectivity index is 1.99. The quantitative estimate of drug-likeness (QED) is 0.215. The summed E-state index contributed by atoms with van der Waals surface area (Å²) in [6, 6.07) is 41.0. The fraction of sp³-hybridized carbons (Fsp3) is 0.114. The molecule has 0 N–H and O–H groups in total. The molecule has 0 aromatic heterocycles. The third-order valence-corrected chi connectivity index (χ3v) is 15.3. The second-order valence-electron chi connectivity index (χ2n) is 9.98. The largest absolute Gasteiger partial charge is 0.311 e. The number of amides is 1. The summed E-state index contributed by atoms with van der Waals surface area (Å²) in [4.78, 5) is 15.1. The highest BCUT2D eigenvalue weighted by Crippen LogP contribution is 2.50. The van der Waals surface area contributed by atoms with Gasteiger partial charge in [-0.3, -0.25) is 4.79 Å². The third-order valence-electron chi connectivity index (χ3n) is 7.34. The molecule has 0 saturated carbocycles. The van der Waals surface area contributed by atoms with Gasteiger partial charge in [0.25, 0.3) is 0 Å². The summed E-state index contributed by atoms with van der Waals surface area (Å²) in [7, 11) is -3.45. The molecule has 0 spiro atoms. The normalized spacial score (nSPS) is 11.7. The lowest BCUT2D eigenvalue weighted by molar-refractivity contribution is -0.116. The van der Waals surface area contributed by atoms with E-state index in [1.165, 1.54) is 0 Å². The third kappa shape index (κ3) is 5.29. The Labute approximate surface area is 248 Å².